The van der Waals surface area contributed by atoms with E-state index in [0.717, 1.165) is 11.3 Å². The van der Waals surface area contributed by atoms with Crippen molar-refractivity contribution in [1.29, 1.82) is 0 Å². The van der Waals surface area contributed by atoms with Crippen LogP contribution in [0.15, 0.2) is 40.6 Å². The quantitative estimate of drug-likeness (QED) is 0.429. The van der Waals surface area contributed by atoms with Crippen LogP contribution < -0.4 is 4.90 Å². The molecule has 0 spiro atoms. The fourth-order valence-corrected chi connectivity index (χ4v) is 2.68. The number of halogens is 2. The molecule has 9 heteroatoms. The molecule has 0 atom stereocenters. The zero-order valence-electron chi connectivity index (χ0n) is 13.6. The average Bonchev–Trinajstić information content (AvgIpc) is 2.55. The molecule has 0 aromatic heterocycles. The Balaban J connectivity index is 2.29. The summed E-state index contributed by atoms with van der Waals surface area (Å²) in [7, 11) is 1.88. The monoisotopic (exact) mass is 382 g/mol. The number of nitro benzene ring substituents is 1. The van der Waals surface area contributed by atoms with Crippen molar-refractivity contribution >= 4 is 46.0 Å². The molecule has 0 aliphatic rings. The van der Waals surface area contributed by atoms with Crippen LogP contribution in [0.2, 0.25) is 10.0 Å². The number of nitrogens with zero attached hydrogens (tertiary/aromatic N) is 4. The van der Waals surface area contributed by atoms with Crippen LogP contribution >= 0.6 is 23.2 Å². The first-order valence-electron chi connectivity index (χ1n) is 7.31. The molecule has 7 nitrogen and oxygen atoms in total. The van der Waals surface area contributed by atoms with Crippen LogP contribution in [0.1, 0.15) is 5.56 Å². The predicted octanol–water partition coefficient (Wildman–Crippen LogP) is 5.05. The summed E-state index contributed by atoms with van der Waals surface area (Å²) in [5, 5.41) is 28.1. The Morgan fingerprint density at radius 3 is 2.36 bits per heavy atom. The lowest BCUT2D eigenvalue weighted by Gasteiger charge is -2.18. The van der Waals surface area contributed by atoms with Crippen LogP contribution in [-0.2, 0) is 0 Å². The van der Waals surface area contributed by atoms with E-state index in [4.69, 9.17) is 28.3 Å². The molecule has 2 rings (SSSR count). The molecule has 0 fully saturated rings. The fraction of sp³-hybridized carbons (Fsp3) is 0.250. The Morgan fingerprint density at radius 2 is 1.84 bits per heavy atom. The number of non-ortho nitro benzene ring substituents is 1. The lowest BCUT2D eigenvalue weighted by Crippen LogP contribution is -2.20. The van der Waals surface area contributed by atoms with Crippen molar-refractivity contribution in [1.82, 2.24) is 0 Å². The van der Waals surface area contributed by atoms with Gasteiger partial charge in [-0.25, -0.2) is 0 Å². The minimum atomic E-state index is -0.579. The summed E-state index contributed by atoms with van der Waals surface area (Å²) in [4.78, 5) is 12.1. The minimum absolute atomic E-state index is 0.0555. The van der Waals surface area contributed by atoms with Crippen LogP contribution in [0.3, 0.4) is 0 Å². The molecule has 0 aliphatic carbocycles. The van der Waals surface area contributed by atoms with Crippen LogP contribution in [0, 0.1) is 17.0 Å². The van der Waals surface area contributed by atoms with E-state index in [-0.39, 0.29) is 28.0 Å². The number of likely N-dealkylation sites (N-methyl/N-ethyl adjacent to an activating group) is 1. The Bertz CT molecular complexity index is 804. The number of aliphatic hydroxyl groups is 1. The highest BCUT2D eigenvalue weighted by atomic mass is 35.5. The zero-order chi connectivity index (χ0) is 18.6. The van der Waals surface area contributed by atoms with Gasteiger partial charge < -0.3 is 10.0 Å². The highest BCUT2D eigenvalue weighted by Gasteiger charge is 2.14. The molecule has 25 heavy (non-hydrogen) atoms. The van der Waals surface area contributed by atoms with E-state index in [9.17, 15) is 10.1 Å². The Kier molecular flexibility index (Phi) is 6.30. The van der Waals surface area contributed by atoms with Crippen LogP contribution in [0.25, 0.3) is 0 Å². The third kappa shape index (κ3) is 4.66. The van der Waals surface area contributed by atoms with Gasteiger partial charge >= 0.3 is 0 Å². The maximum atomic E-state index is 10.8. The van der Waals surface area contributed by atoms with E-state index in [1.54, 1.807) is 6.07 Å². The smallest absolute Gasteiger partial charge is 0.272 e. The van der Waals surface area contributed by atoms with Crippen molar-refractivity contribution in [3.63, 3.8) is 0 Å². The van der Waals surface area contributed by atoms with E-state index in [1.807, 2.05) is 31.0 Å². The number of benzene rings is 2. The van der Waals surface area contributed by atoms with Gasteiger partial charge in [-0.1, -0.05) is 23.2 Å². The maximum Gasteiger partial charge on any atom is 0.272 e. The molecule has 0 saturated heterocycles. The summed E-state index contributed by atoms with van der Waals surface area (Å²) in [6, 6.07) is 7.93. The Hall–Kier alpha value is -2.22. The third-order valence-electron chi connectivity index (χ3n) is 3.53. The zero-order valence-corrected chi connectivity index (χ0v) is 15.1. The second-order valence-electron chi connectivity index (χ2n) is 5.33. The number of aryl methyl sites for hydroxylation is 1. The van der Waals surface area contributed by atoms with E-state index in [2.05, 4.69) is 10.2 Å². The second kappa shape index (κ2) is 8.24. The number of hydrogen-bond acceptors (Lipinski definition) is 6. The number of nitro groups is 1. The largest absolute Gasteiger partial charge is 0.395 e. The molecule has 0 radical (unpaired) electrons. The standard InChI is InChI=1S/C16H16Cl2N4O3/c1-10-7-11(21(2)5-6-23)3-4-15(10)19-20-16-13(17)8-12(22(24)25)9-14(16)18/h3-4,7-9,23H,5-6H2,1-2H3. The highest BCUT2D eigenvalue weighted by molar-refractivity contribution is 6.39. The summed E-state index contributed by atoms with van der Waals surface area (Å²) in [5.41, 5.74) is 2.40. The summed E-state index contributed by atoms with van der Waals surface area (Å²) in [5.74, 6) is 0. The summed E-state index contributed by atoms with van der Waals surface area (Å²) in [6.45, 7) is 2.46. The first-order valence-corrected chi connectivity index (χ1v) is 8.07. The van der Waals surface area contributed by atoms with Crippen molar-refractivity contribution in [3.05, 3.63) is 56.1 Å². The van der Waals surface area contributed by atoms with E-state index < -0.39 is 4.92 Å². The summed E-state index contributed by atoms with van der Waals surface area (Å²) >= 11 is 12.0. The first kappa shape index (κ1) is 19.1. The van der Waals surface area contributed by atoms with Crippen LogP contribution in [-0.4, -0.2) is 30.2 Å². The first-order chi connectivity index (χ1) is 11.8. The van der Waals surface area contributed by atoms with Crippen LogP contribution in [0.4, 0.5) is 22.7 Å². The molecule has 1 N–H and O–H groups in total. The molecule has 0 saturated carbocycles. The predicted molar refractivity (Wildman–Crippen MR) is 98.8 cm³/mol. The Morgan fingerprint density at radius 1 is 1.20 bits per heavy atom. The van der Waals surface area contributed by atoms with Gasteiger partial charge in [-0.05, 0) is 30.7 Å². The van der Waals surface area contributed by atoms with E-state index in [0.29, 0.717) is 12.2 Å². The van der Waals surface area contributed by atoms with Gasteiger partial charge in [-0.3, -0.25) is 10.1 Å². The van der Waals surface area contributed by atoms with Gasteiger partial charge in [0.15, 0.2) is 0 Å². The van der Waals surface area contributed by atoms with Gasteiger partial charge in [-0.15, -0.1) is 5.11 Å². The molecule has 2 aromatic rings. The topological polar surface area (TPSA) is 91.3 Å². The molecular formula is C16H16Cl2N4O3. The number of anilines is 1. The van der Waals surface area contributed by atoms with Gasteiger partial charge in [0.25, 0.3) is 5.69 Å². The molecule has 0 aliphatic heterocycles. The fourth-order valence-electron chi connectivity index (χ4n) is 2.13. The average molecular weight is 383 g/mol. The number of rotatable bonds is 6. The summed E-state index contributed by atoms with van der Waals surface area (Å²) in [6.07, 6.45) is 0. The van der Waals surface area contributed by atoms with Gasteiger partial charge in [-0.2, -0.15) is 5.11 Å². The van der Waals surface area contributed by atoms with Crippen LogP contribution in [0.5, 0.6) is 0 Å². The number of azo groups is 1. The molecule has 0 amide bonds. The van der Waals surface area contributed by atoms with Crippen molar-refractivity contribution in [3.8, 4) is 0 Å². The molecule has 132 valence electrons. The number of aliphatic hydroxyl groups excluding tert-OH is 1. The van der Waals surface area contributed by atoms with E-state index in [1.165, 1.54) is 12.1 Å². The third-order valence-corrected chi connectivity index (χ3v) is 4.10. The number of hydrogen-bond donors (Lipinski definition) is 1. The van der Waals surface area contributed by atoms with Gasteiger partial charge in [0, 0.05) is 31.4 Å². The van der Waals surface area contributed by atoms with Crippen molar-refractivity contribution < 1.29 is 10.0 Å². The molecule has 2 aromatic carbocycles. The SMILES string of the molecule is Cc1cc(N(C)CCO)ccc1N=Nc1c(Cl)cc([N+](=O)[O-])cc1Cl. The van der Waals surface area contributed by atoms with Crippen molar-refractivity contribution in [2.75, 3.05) is 25.1 Å². The molecular weight excluding hydrogens is 367 g/mol. The van der Waals surface area contributed by atoms with Gasteiger partial charge in [0.05, 0.1) is 27.3 Å². The second-order valence-corrected chi connectivity index (χ2v) is 6.15. The Labute approximate surface area is 154 Å². The molecule has 0 unspecified atom stereocenters. The lowest BCUT2D eigenvalue weighted by molar-refractivity contribution is -0.384. The normalized spacial score (nSPS) is 11.1. The molecule has 0 heterocycles. The van der Waals surface area contributed by atoms with Gasteiger partial charge in [0.1, 0.15) is 5.69 Å². The highest BCUT2D eigenvalue weighted by Crippen LogP contribution is 2.38. The molecule has 0 bridgehead atoms. The lowest BCUT2D eigenvalue weighted by atomic mass is 10.1. The van der Waals surface area contributed by atoms with E-state index >= 15 is 0 Å². The van der Waals surface area contributed by atoms with Crippen molar-refractivity contribution in [2.24, 2.45) is 10.2 Å². The maximum absolute atomic E-state index is 10.8. The van der Waals surface area contributed by atoms with Gasteiger partial charge in [0.2, 0.25) is 0 Å². The minimum Gasteiger partial charge on any atom is -0.395 e. The van der Waals surface area contributed by atoms with Crippen molar-refractivity contribution in [2.45, 2.75) is 6.92 Å². The summed E-state index contributed by atoms with van der Waals surface area (Å²) < 4.78 is 0.